The topological polar surface area (TPSA) is 119 Å². The van der Waals surface area contributed by atoms with E-state index in [1.165, 1.54) is 12.1 Å². The van der Waals surface area contributed by atoms with Crippen molar-refractivity contribution in [3.8, 4) is 11.5 Å². The first kappa shape index (κ1) is 20.8. The van der Waals surface area contributed by atoms with Crippen LogP contribution in [-0.2, 0) is 25.5 Å². The van der Waals surface area contributed by atoms with E-state index in [4.69, 9.17) is 15.2 Å². The first-order chi connectivity index (χ1) is 11.6. The minimum absolute atomic E-state index is 0.140. The Hall–Kier alpha value is -2.28. The fourth-order valence-corrected chi connectivity index (χ4v) is 2.08. The van der Waals surface area contributed by atoms with Gasteiger partial charge in [-0.15, -0.1) is 0 Å². The lowest BCUT2D eigenvalue weighted by Gasteiger charge is -2.22. The van der Waals surface area contributed by atoms with Crippen LogP contribution >= 0.6 is 0 Å². The van der Waals surface area contributed by atoms with Gasteiger partial charge in [-0.3, -0.25) is 9.59 Å². The standard InChI is InChI=1S/C18H27NO6/c1-10(2)7-17(22)24-11(3)12(4)25-18(23)14(19)8-13-5-6-15(20)16(21)9-13/h5-6,9-12,14,20-21H,7-8,19H2,1-4H3/t11-,12-,14+/m1/s1. The van der Waals surface area contributed by atoms with Crippen LogP contribution in [0.4, 0.5) is 0 Å². The molecule has 140 valence electrons. The first-order valence-corrected chi connectivity index (χ1v) is 8.26. The van der Waals surface area contributed by atoms with Crippen LogP contribution in [0.15, 0.2) is 18.2 Å². The lowest BCUT2D eigenvalue weighted by Crippen LogP contribution is -2.39. The predicted molar refractivity (Wildman–Crippen MR) is 92.0 cm³/mol. The minimum atomic E-state index is -0.940. The molecule has 0 saturated carbocycles. The molecule has 0 aromatic heterocycles. The van der Waals surface area contributed by atoms with E-state index in [0.29, 0.717) is 12.0 Å². The summed E-state index contributed by atoms with van der Waals surface area (Å²) in [5.41, 5.74) is 6.41. The second-order valence-electron chi connectivity index (χ2n) is 6.57. The zero-order chi connectivity index (χ0) is 19.1. The normalized spacial score (nSPS) is 14.6. The van der Waals surface area contributed by atoms with Crippen LogP contribution in [0.1, 0.15) is 39.7 Å². The molecule has 0 fully saturated rings. The van der Waals surface area contributed by atoms with Gasteiger partial charge in [-0.05, 0) is 43.9 Å². The van der Waals surface area contributed by atoms with Gasteiger partial charge in [-0.1, -0.05) is 19.9 Å². The van der Waals surface area contributed by atoms with Crippen molar-refractivity contribution in [1.29, 1.82) is 0 Å². The number of nitrogens with two attached hydrogens (primary N) is 1. The first-order valence-electron chi connectivity index (χ1n) is 8.26. The number of carbonyl (C=O) groups is 2. The van der Waals surface area contributed by atoms with E-state index in [1.807, 2.05) is 13.8 Å². The second kappa shape index (κ2) is 9.27. The zero-order valence-corrected chi connectivity index (χ0v) is 15.1. The predicted octanol–water partition coefficient (Wildman–Crippen LogP) is 1.88. The molecular formula is C18H27NO6. The molecule has 0 unspecified atom stereocenters. The SMILES string of the molecule is CC(C)CC(=O)O[C@H](C)[C@@H](C)OC(=O)[C@@H](N)Cc1ccc(O)c(O)c1. The van der Waals surface area contributed by atoms with Gasteiger partial charge in [0.15, 0.2) is 11.5 Å². The number of phenolic OH excluding ortho intramolecular Hbond substituents is 2. The van der Waals surface area contributed by atoms with Crippen molar-refractivity contribution in [3.63, 3.8) is 0 Å². The maximum absolute atomic E-state index is 12.1. The lowest BCUT2D eigenvalue weighted by atomic mass is 10.1. The van der Waals surface area contributed by atoms with Gasteiger partial charge in [0.05, 0.1) is 0 Å². The average Bonchev–Trinajstić information content (AvgIpc) is 2.49. The molecule has 0 saturated heterocycles. The molecule has 0 spiro atoms. The summed E-state index contributed by atoms with van der Waals surface area (Å²) in [5.74, 6) is -1.31. The van der Waals surface area contributed by atoms with Gasteiger partial charge in [0.1, 0.15) is 18.2 Å². The molecule has 7 heteroatoms. The second-order valence-corrected chi connectivity index (χ2v) is 6.57. The molecular weight excluding hydrogens is 326 g/mol. The van der Waals surface area contributed by atoms with Gasteiger partial charge < -0.3 is 25.4 Å². The molecule has 0 bridgehead atoms. The Morgan fingerprint density at radius 3 is 2.20 bits per heavy atom. The summed E-state index contributed by atoms with van der Waals surface area (Å²) in [5, 5.41) is 18.7. The summed E-state index contributed by atoms with van der Waals surface area (Å²) < 4.78 is 10.5. The summed E-state index contributed by atoms with van der Waals surface area (Å²) >= 11 is 0. The smallest absolute Gasteiger partial charge is 0.323 e. The number of ether oxygens (including phenoxy) is 2. The molecule has 0 aliphatic carbocycles. The Morgan fingerprint density at radius 2 is 1.64 bits per heavy atom. The molecule has 0 radical (unpaired) electrons. The fraction of sp³-hybridized carbons (Fsp3) is 0.556. The monoisotopic (exact) mass is 353 g/mol. The van der Waals surface area contributed by atoms with E-state index >= 15 is 0 Å². The van der Waals surface area contributed by atoms with Gasteiger partial charge in [0.25, 0.3) is 0 Å². The fourth-order valence-electron chi connectivity index (χ4n) is 2.08. The highest BCUT2D eigenvalue weighted by Gasteiger charge is 2.24. The highest BCUT2D eigenvalue weighted by Crippen LogP contribution is 2.25. The molecule has 7 nitrogen and oxygen atoms in total. The Labute approximate surface area is 147 Å². The molecule has 1 rings (SSSR count). The minimum Gasteiger partial charge on any atom is -0.504 e. The Morgan fingerprint density at radius 1 is 1.04 bits per heavy atom. The molecule has 0 aliphatic heterocycles. The van der Waals surface area contributed by atoms with Crippen LogP contribution in [0.2, 0.25) is 0 Å². The van der Waals surface area contributed by atoms with Crippen molar-refractivity contribution in [2.75, 3.05) is 0 Å². The average molecular weight is 353 g/mol. The van der Waals surface area contributed by atoms with E-state index < -0.39 is 24.2 Å². The van der Waals surface area contributed by atoms with Crippen molar-refractivity contribution < 1.29 is 29.3 Å². The highest BCUT2D eigenvalue weighted by molar-refractivity contribution is 5.76. The number of benzene rings is 1. The summed E-state index contributed by atoms with van der Waals surface area (Å²) in [7, 11) is 0. The van der Waals surface area contributed by atoms with Gasteiger partial charge in [0.2, 0.25) is 0 Å². The van der Waals surface area contributed by atoms with Gasteiger partial charge in [-0.2, -0.15) is 0 Å². The number of carbonyl (C=O) groups excluding carboxylic acids is 2. The molecule has 0 amide bonds. The van der Waals surface area contributed by atoms with Gasteiger partial charge >= 0.3 is 11.9 Å². The van der Waals surface area contributed by atoms with E-state index in [1.54, 1.807) is 19.9 Å². The van der Waals surface area contributed by atoms with Crippen molar-refractivity contribution in [2.45, 2.75) is 58.8 Å². The zero-order valence-electron chi connectivity index (χ0n) is 15.1. The molecule has 1 aromatic carbocycles. The van der Waals surface area contributed by atoms with E-state index in [9.17, 15) is 19.8 Å². The maximum atomic E-state index is 12.1. The van der Waals surface area contributed by atoms with Crippen molar-refractivity contribution in [1.82, 2.24) is 0 Å². The number of rotatable bonds is 8. The van der Waals surface area contributed by atoms with E-state index in [-0.39, 0.29) is 29.8 Å². The molecule has 0 heterocycles. The number of hydrogen-bond acceptors (Lipinski definition) is 7. The van der Waals surface area contributed by atoms with Crippen LogP contribution in [-0.4, -0.2) is 40.4 Å². The van der Waals surface area contributed by atoms with Crippen LogP contribution in [0.25, 0.3) is 0 Å². The number of phenols is 2. The van der Waals surface area contributed by atoms with Crippen LogP contribution in [0.3, 0.4) is 0 Å². The Balaban J connectivity index is 2.52. The number of hydrogen-bond donors (Lipinski definition) is 3. The number of esters is 2. The largest absolute Gasteiger partial charge is 0.504 e. The summed E-state index contributed by atoms with van der Waals surface area (Å²) in [6, 6.07) is 3.27. The van der Waals surface area contributed by atoms with Gasteiger partial charge in [-0.25, -0.2) is 0 Å². The van der Waals surface area contributed by atoms with E-state index in [0.717, 1.165) is 0 Å². The van der Waals surface area contributed by atoms with E-state index in [2.05, 4.69) is 0 Å². The molecule has 4 N–H and O–H groups in total. The Kier molecular flexibility index (Phi) is 7.70. The molecule has 1 aromatic rings. The molecule has 0 aliphatic rings. The highest BCUT2D eigenvalue weighted by atomic mass is 16.6. The Bertz CT molecular complexity index is 601. The molecule has 25 heavy (non-hydrogen) atoms. The third kappa shape index (κ3) is 7.01. The van der Waals surface area contributed by atoms with Crippen LogP contribution in [0.5, 0.6) is 11.5 Å². The lowest BCUT2D eigenvalue weighted by molar-refractivity contribution is -0.166. The quantitative estimate of drug-likeness (QED) is 0.482. The third-order valence-corrected chi connectivity index (χ3v) is 3.65. The molecule has 3 atom stereocenters. The summed E-state index contributed by atoms with van der Waals surface area (Å²) in [6.45, 7) is 7.11. The maximum Gasteiger partial charge on any atom is 0.323 e. The van der Waals surface area contributed by atoms with Crippen molar-refractivity contribution in [3.05, 3.63) is 23.8 Å². The van der Waals surface area contributed by atoms with Gasteiger partial charge in [0, 0.05) is 6.42 Å². The van der Waals surface area contributed by atoms with Crippen LogP contribution in [0, 0.1) is 5.92 Å². The summed E-state index contributed by atoms with van der Waals surface area (Å²) in [6.07, 6.45) is -0.779. The van der Waals surface area contributed by atoms with Crippen molar-refractivity contribution in [2.24, 2.45) is 11.7 Å². The number of aromatic hydroxyl groups is 2. The third-order valence-electron chi connectivity index (χ3n) is 3.65. The van der Waals surface area contributed by atoms with Crippen molar-refractivity contribution >= 4 is 11.9 Å². The summed E-state index contributed by atoms with van der Waals surface area (Å²) in [4.78, 5) is 23.7. The van der Waals surface area contributed by atoms with Crippen LogP contribution < -0.4 is 5.73 Å².